The third kappa shape index (κ3) is 3.03. The molecular formula is C19H19NO2. The molecular weight excluding hydrogens is 274 g/mol. The number of amides is 1. The predicted molar refractivity (Wildman–Crippen MR) is 87.6 cm³/mol. The largest absolute Gasteiger partial charge is 0.496 e. The van der Waals surface area contributed by atoms with E-state index in [-0.39, 0.29) is 5.91 Å². The monoisotopic (exact) mass is 293 g/mol. The van der Waals surface area contributed by atoms with Gasteiger partial charge < -0.3 is 9.64 Å². The van der Waals surface area contributed by atoms with Crippen molar-refractivity contribution in [3.8, 4) is 5.75 Å². The number of hydrogen-bond donors (Lipinski definition) is 0. The van der Waals surface area contributed by atoms with E-state index in [1.165, 1.54) is 11.1 Å². The van der Waals surface area contributed by atoms with Gasteiger partial charge in [0.25, 0.3) is 0 Å². The van der Waals surface area contributed by atoms with Crippen molar-refractivity contribution in [3.05, 3.63) is 71.3 Å². The summed E-state index contributed by atoms with van der Waals surface area (Å²) < 4.78 is 5.29. The molecule has 0 fully saturated rings. The van der Waals surface area contributed by atoms with Crippen LogP contribution in [0.2, 0.25) is 0 Å². The van der Waals surface area contributed by atoms with Gasteiger partial charge in [0.05, 0.1) is 7.11 Å². The average molecular weight is 293 g/mol. The number of fused-ring (bicyclic) bond motifs is 1. The molecule has 0 unspecified atom stereocenters. The summed E-state index contributed by atoms with van der Waals surface area (Å²) in [7, 11) is 1.63. The van der Waals surface area contributed by atoms with Crippen molar-refractivity contribution in [2.45, 2.75) is 13.0 Å². The van der Waals surface area contributed by atoms with E-state index in [0.717, 1.165) is 24.3 Å². The lowest BCUT2D eigenvalue weighted by molar-refractivity contribution is -0.126. The van der Waals surface area contributed by atoms with Crippen LogP contribution in [0.5, 0.6) is 5.75 Å². The lowest BCUT2D eigenvalue weighted by atomic mass is 10.00. The van der Waals surface area contributed by atoms with Gasteiger partial charge in [-0.25, -0.2) is 0 Å². The van der Waals surface area contributed by atoms with Gasteiger partial charge in [-0.3, -0.25) is 4.79 Å². The molecule has 0 spiro atoms. The molecule has 0 saturated heterocycles. The molecule has 0 saturated carbocycles. The highest BCUT2D eigenvalue weighted by atomic mass is 16.5. The summed E-state index contributed by atoms with van der Waals surface area (Å²) in [5, 5.41) is 0. The number of methoxy groups -OCH3 is 1. The van der Waals surface area contributed by atoms with E-state index < -0.39 is 0 Å². The van der Waals surface area contributed by atoms with Crippen LogP contribution in [0.15, 0.2) is 54.6 Å². The van der Waals surface area contributed by atoms with Gasteiger partial charge >= 0.3 is 0 Å². The van der Waals surface area contributed by atoms with E-state index in [9.17, 15) is 4.79 Å². The molecule has 112 valence electrons. The summed E-state index contributed by atoms with van der Waals surface area (Å²) in [5.41, 5.74) is 3.50. The van der Waals surface area contributed by atoms with E-state index in [1.54, 1.807) is 13.2 Å². The Kier molecular flexibility index (Phi) is 4.24. The molecule has 0 bridgehead atoms. The zero-order valence-corrected chi connectivity index (χ0v) is 12.7. The average Bonchev–Trinajstić information content (AvgIpc) is 2.59. The molecule has 1 heterocycles. The standard InChI is InChI=1S/C19H19NO2/c1-22-18-9-5-4-7-16(18)10-11-19(21)20-13-12-15-6-2-3-8-17(15)14-20/h2-11H,12-14H2,1H3. The molecule has 0 radical (unpaired) electrons. The van der Waals surface area contributed by atoms with Crippen molar-refractivity contribution in [2.24, 2.45) is 0 Å². The Morgan fingerprint density at radius 1 is 1.09 bits per heavy atom. The van der Waals surface area contributed by atoms with Crippen LogP contribution in [-0.4, -0.2) is 24.5 Å². The molecule has 0 aromatic heterocycles. The maximum absolute atomic E-state index is 12.4. The van der Waals surface area contributed by atoms with Crippen molar-refractivity contribution in [1.82, 2.24) is 4.90 Å². The van der Waals surface area contributed by atoms with Crippen LogP contribution < -0.4 is 4.74 Å². The summed E-state index contributed by atoms with van der Waals surface area (Å²) >= 11 is 0. The minimum atomic E-state index is 0.0420. The summed E-state index contributed by atoms with van der Waals surface area (Å²) in [5.74, 6) is 0.816. The number of nitrogens with zero attached hydrogens (tertiary/aromatic N) is 1. The molecule has 0 atom stereocenters. The van der Waals surface area contributed by atoms with E-state index in [2.05, 4.69) is 18.2 Å². The van der Waals surface area contributed by atoms with Gasteiger partial charge in [0.2, 0.25) is 5.91 Å². The van der Waals surface area contributed by atoms with Gasteiger partial charge in [0.15, 0.2) is 0 Å². The van der Waals surface area contributed by atoms with Crippen LogP contribution in [0.1, 0.15) is 16.7 Å². The van der Waals surface area contributed by atoms with Crippen molar-refractivity contribution in [1.29, 1.82) is 0 Å². The zero-order valence-electron chi connectivity index (χ0n) is 12.7. The van der Waals surface area contributed by atoms with Crippen LogP contribution in [0.4, 0.5) is 0 Å². The highest BCUT2D eigenvalue weighted by molar-refractivity contribution is 5.92. The van der Waals surface area contributed by atoms with Crippen LogP contribution in [-0.2, 0) is 17.8 Å². The smallest absolute Gasteiger partial charge is 0.246 e. The molecule has 2 aromatic rings. The molecule has 2 aromatic carbocycles. The van der Waals surface area contributed by atoms with Crippen LogP contribution in [0.25, 0.3) is 6.08 Å². The van der Waals surface area contributed by atoms with Gasteiger partial charge in [0, 0.05) is 24.7 Å². The Bertz CT molecular complexity index is 706. The molecule has 1 amide bonds. The Hall–Kier alpha value is -2.55. The number of carbonyl (C=O) groups excluding carboxylic acids is 1. The topological polar surface area (TPSA) is 29.5 Å². The Balaban J connectivity index is 1.72. The molecule has 3 nitrogen and oxygen atoms in total. The minimum absolute atomic E-state index is 0.0420. The van der Waals surface area contributed by atoms with Crippen molar-refractivity contribution < 1.29 is 9.53 Å². The van der Waals surface area contributed by atoms with Gasteiger partial charge in [-0.15, -0.1) is 0 Å². The first-order chi connectivity index (χ1) is 10.8. The first-order valence-electron chi connectivity index (χ1n) is 7.45. The van der Waals surface area contributed by atoms with E-state index in [1.807, 2.05) is 41.3 Å². The number of benzene rings is 2. The Morgan fingerprint density at radius 3 is 2.64 bits per heavy atom. The second kappa shape index (κ2) is 6.48. The third-order valence-electron chi connectivity index (χ3n) is 3.99. The van der Waals surface area contributed by atoms with E-state index in [4.69, 9.17) is 4.74 Å². The Labute approximate surface area is 130 Å². The molecule has 1 aliphatic heterocycles. The summed E-state index contributed by atoms with van der Waals surface area (Å²) in [6.07, 6.45) is 4.37. The molecule has 1 aliphatic rings. The third-order valence-corrected chi connectivity index (χ3v) is 3.99. The first-order valence-corrected chi connectivity index (χ1v) is 7.45. The predicted octanol–water partition coefficient (Wildman–Crippen LogP) is 3.29. The van der Waals surface area contributed by atoms with E-state index >= 15 is 0 Å². The van der Waals surface area contributed by atoms with Crippen molar-refractivity contribution in [3.63, 3.8) is 0 Å². The fourth-order valence-corrected chi connectivity index (χ4v) is 2.75. The van der Waals surface area contributed by atoms with Crippen molar-refractivity contribution >= 4 is 12.0 Å². The quantitative estimate of drug-likeness (QED) is 0.813. The number of ether oxygens (including phenoxy) is 1. The second-order valence-corrected chi connectivity index (χ2v) is 5.35. The van der Waals surface area contributed by atoms with Gasteiger partial charge in [-0.2, -0.15) is 0 Å². The maximum Gasteiger partial charge on any atom is 0.246 e. The molecule has 0 aliphatic carbocycles. The van der Waals surface area contributed by atoms with Crippen LogP contribution in [0, 0.1) is 0 Å². The number of para-hydroxylation sites is 1. The van der Waals surface area contributed by atoms with Gasteiger partial charge in [-0.1, -0.05) is 42.5 Å². The minimum Gasteiger partial charge on any atom is -0.496 e. The Morgan fingerprint density at radius 2 is 1.82 bits per heavy atom. The molecule has 3 rings (SSSR count). The molecule has 0 N–H and O–H groups in total. The molecule has 22 heavy (non-hydrogen) atoms. The normalized spacial score (nSPS) is 14.0. The van der Waals surface area contributed by atoms with E-state index in [0.29, 0.717) is 6.54 Å². The van der Waals surface area contributed by atoms with Crippen molar-refractivity contribution in [2.75, 3.05) is 13.7 Å². The molecule has 3 heteroatoms. The van der Waals surface area contributed by atoms with Crippen LogP contribution >= 0.6 is 0 Å². The van der Waals surface area contributed by atoms with Crippen LogP contribution in [0.3, 0.4) is 0 Å². The lowest BCUT2D eigenvalue weighted by Gasteiger charge is -2.27. The van der Waals surface area contributed by atoms with Gasteiger partial charge in [0.1, 0.15) is 5.75 Å². The first kappa shape index (κ1) is 14.4. The number of carbonyl (C=O) groups is 1. The number of hydrogen-bond acceptors (Lipinski definition) is 2. The fraction of sp³-hybridized carbons (Fsp3) is 0.211. The van der Waals surface area contributed by atoms with Gasteiger partial charge in [-0.05, 0) is 29.7 Å². The zero-order chi connectivity index (χ0) is 15.4. The highest BCUT2D eigenvalue weighted by Gasteiger charge is 2.18. The highest BCUT2D eigenvalue weighted by Crippen LogP contribution is 2.21. The lowest BCUT2D eigenvalue weighted by Crippen LogP contribution is -2.34. The number of rotatable bonds is 3. The SMILES string of the molecule is COc1ccccc1C=CC(=O)N1CCc2ccccc2C1. The summed E-state index contributed by atoms with van der Waals surface area (Å²) in [4.78, 5) is 14.3. The maximum atomic E-state index is 12.4. The summed E-state index contributed by atoms with van der Waals surface area (Å²) in [6, 6.07) is 16.0. The second-order valence-electron chi connectivity index (χ2n) is 5.35. The fourth-order valence-electron chi connectivity index (χ4n) is 2.75. The summed E-state index contributed by atoms with van der Waals surface area (Å²) in [6.45, 7) is 1.46.